The molecule has 0 saturated heterocycles. The average molecular weight is 240 g/mol. The Morgan fingerprint density at radius 3 is 2.59 bits per heavy atom. The zero-order chi connectivity index (χ0) is 12.8. The van der Waals surface area contributed by atoms with Crippen LogP contribution in [0.1, 0.15) is 37.8 Å². The Labute approximate surface area is 103 Å². The van der Waals surface area contributed by atoms with Gasteiger partial charge in [-0.3, -0.25) is 4.90 Å². The Hall–Kier alpha value is -0.840. The molecule has 0 aliphatic rings. The summed E-state index contributed by atoms with van der Waals surface area (Å²) in [5.74, 6) is 1.82. The maximum atomic E-state index is 8.92. The maximum Gasteiger partial charge on any atom is 0.122 e. The molecule has 0 radical (unpaired) electrons. The van der Waals surface area contributed by atoms with Crippen LogP contribution in [-0.2, 0) is 0 Å². The molecule has 3 N–H and O–H groups in total. The van der Waals surface area contributed by atoms with E-state index in [2.05, 4.69) is 11.8 Å². The van der Waals surface area contributed by atoms with E-state index < -0.39 is 0 Å². The smallest absolute Gasteiger partial charge is 0.122 e. The minimum atomic E-state index is -0.000747. The van der Waals surface area contributed by atoms with Crippen LogP contribution in [0.2, 0.25) is 0 Å². The van der Waals surface area contributed by atoms with Gasteiger partial charge in [0.2, 0.25) is 0 Å². The summed E-state index contributed by atoms with van der Waals surface area (Å²) in [6.45, 7) is 7.96. The third kappa shape index (κ3) is 3.84. The minimum Gasteiger partial charge on any atom is -0.465 e. The van der Waals surface area contributed by atoms with E-state index in [4.69, 9.17) is 15.3 Å². The van der Waals surface area contributed by atoms with Crippen LogP contribution in [0.25, 0.3) is 0 Å². The fourth-order valence-corrected chi connectivity index (χ4v) is 2.15. The summed E-state index contributed by atoms with van der Waals surface area (Å²) in [5.41, 5.74) is 6.06. The van der Waals surface area contributed by atoms with Gasteiger partial charge in [0.25, 0.3) is 0 Å². The fraction of sp³-hybridized carbons (Fsp3) is 0.692. The van der Waals surface area contributed by atoms with Crippen molar-refractivity contribution in [3.63, 3.8) is 0 Å². The average Bonchev–Trinajstić information content (AvgIpc) is 2.69. The van der Waals surface area contributed by atoms with Crippen molar-refractivity contribution in [2.24, 2.45) is 5.73 Å². The molecule has 0 spiro atoms. The normalized spacial score (nSPS) is 15.2. The highest BCUT2D eigenvalue weighted by molar-refractivity contribution is 5.11. The van der Waals surface area contributed by atoms with E-state index in [9.17, 15) is 0 Å². The van der Waals surface area contributed by atoms with E-state index in [1.165, 1.54) is 0 Å². The summed E-state index contributed by atoms with van der Waals surface area (Å²) in [6.07, 6.45) is 0.761. The van der Waals surface area contributed by atoms with Crippen LogP contribution >= 0.6 is 0 Å². The van der Waals surface area contributed by atoms with Gasteiger partial charge < -0.3 is 15.3 Å². The molecule has 1 rings (SSSR count). The molecule has 1 aromatic heterocycles. The molecule has 1 heterocycles. The van der Waals surface area contributed by atoms with Crippen molar-refractivity contribution < 1.29 is 9.52 Å². The molecule has 0 fully saturated rings. The van der Waals surface area contributed by atoms with Gasteiger partial charge in [-0.1, -0.05) is 6.92 Å². The number of likely N-dealkylation sites (N-methyl/N-ethyl adjacent to an activating group) is 1. The molecule has 0 aliphatic carbocycles. The van der Waals surface area contributed by atoms with E-state index >= 15 is 0 Å². The van der Waals surface area contributed by atoms with Crippen LogP contribution in [0.4, 0.5) is 0 Å². The van der Waals surface area contributed by atoms with E-state index in [0.717, 1.165) is 31.0 Å². The zero-order valence-corrected chi connectivity index (χ0v) is 11.0. The molecule has 17 heavy (non-hydrogen) atoms. The van der Waals surface area contributed by atoms with Crippen LogP contribution in [0.3, 0.4) is 0 Å². The van der Waals surface area contributed by atoms with E-state index in [0.29, 0.717) is 0 Å². The summed E-state index contributed by atoms with van der Waals surface area (Å²) < 4.78 is 5.69. The molecule has 4 heteroatoms. The predicted molar refractivity (Wildman–Crippen MR) is 68.8 cm³/mol. The summed E-state index contributed by atoms with van der Waals surface area (Å²) in [5, 5.41) is 8.92. The molecule has 4 nitrogen and oxygen atoms in total. The molecule has 0 aliphatic heterocycles. The number of aryl methyl sites for hydroxylation is 1. The van der Waals surface area contributed by atoms with Crippen LogP contribution in [0.5, 0.6) is 0 Å². The first-order valence-electron chi connectivity index (χ1n) is 6.27. The quantitative estimate of drug-likeness (QED) is 0.761. The third-order valence-electron chi connectivity index (χ3n) is 2.95. The second-order valence-corrected chi connectivity index (χ2v) is 4.46. The Morgan fingerprint density at radius 1 is 1.47 bits per heavy atom. The van der Waals surface area contributed by atoms with Gasteiger partial charge in [-0.2, -0.15) is 0 Å². The van der Waals surface area contributed by atoms with Crippen LogP contribution in [0.15, 0.2) is 16.5 Å². The van der Waals surface area contributed by atoms with E-state index in [-0.39, 0.29) is 18.7 Å². The first-order chi connectivity index (χ1) is 8.10. The largest absolute Gasteiger partial charge is 0.465 e. The second-order valence-electron chi connectivity index (χ2n) is 4.46. The first kappa shape index (κ1) is 14.2. The topological polar surface area (TPSA) is 62.6 Å². The summed E-state index contributed by atoms with van der Waals surface area (Å²) in [4.78, 5) is 2.25. The first-order valence-corrected chi connectivity index (χ1v) is 6.27. The van der Waals surface area contributed by atoms with Gasteiger partial charge in [0.1, 0.15) is 11.5 Å². The van der Waals surface area contributed by atoms with Crippen molar-refractivity contribution in [2.45, 2.75) is 39.3 Å². The highest BCUT2D eigenvalue weighted by Gasteiger charge is 2.25. The third-order valence-corrected chi connectivity index (χ3v) is 2.95. The summed E-state index contributed by atoms with van der Waals surface area (Å²) in [6, 6.07) is 4.04. The number of hydrogen-bond donors (Lipinski definition) is 2. The maximum absolute atomic E-state index is 8.92. The Bertz CT molecular complexity index is 323. The van der Waals surface area contributed by atoms with Gasteiger partial charge in [0, 0.05) is 19.2 Å². The van der Waals surface area contributed by atoms with Crippen LogP contribution < -0.4 is 5.73 Å². The molecule has 1 aromatic rings. The van der Waals surface area contributed by atoms with Gasteiger partial charge in [-0.05, 0) is 38.9 Å². The van der Waals surface area contributed by atoms with Crippen molar-refractivity contribution in [2.75, 3.05) is 19.7 Å². The van der Waals surface area contributed by atoms with Crippen molar-refractivity contribution in [1.82, 2.24) is 4.90 Å². The highest BCUT2D eigenvalue weighted by Crippen LogP contribution is 2.25. The standard InChI is InChI=1S/C13H24N2O2/c1-4-15(8-5-9-16)13(11(3)14)12-7-6-10(2)17-12/h6-7,11,13,16H,4-5,8-9,14H2,1-3H3. The number of furan rings is 1. The Balaban J connectivity index is 2.83. The second kappa shape index (κ2) is 6.79. The van der Waals surface area contributed by atoms with Crippen molar-refractivity contribution in [3.05, 3.63) is 23.7 Å². The number of hydrogen-bond acceptors (Lipinski definition) is 4. The predicted octanol–water partition coefficient (Wildman–Crippen LogP) is 1.68. The Kier molecular flexibility index (Phi) is 5.68. The van der Waals surface area contributed by atoms with Crippen molar-refractivity contribution >= 4 is 0 Å². The monoisotopic (exact) mass is 240 g/mol. The Morgan fingerprint density at radius 2 is 2.18 bits per heavy atom. The van der Waals surface area contributed by atoms with Gasteiger partial charge in [-0.15, -0.1) is 0 Å². The summed E-state index contributed by atoms with van der Waals surface area (Å²) in [7, 11) is 0. The SMILES string of the molecule is CCN(CCCO)C(c1ccc(C)o1)C(C)N. The molecule has 0 aromatic carbocycles. The number of rotatable bonds is 7. The van der Waals surface area contributed by atoms with Gasteiger partial charge >= 0.3 is 0 Å². The molecule has 0 bridgehead atoms. The molecule has 2 unspecified atom stereocenters. The highest BCUT2D eigenvalue weighted by atomic mass is 16.3. The van der Waals surface area contributed by atoms with E-state index in [1.54, 1.807) is 0 Å². The lowest BCUT2D eigenvalue weighted by Gasteiger charge is -2.31. The lowest BCUT2D eigenvalue weighted by atomic mass is 10.1. The zero-order valence-electron chi connectivity index (χ0n) is 11.0. The van der Waals surface area contributed by atoms with Gasteiger partial charge in [0.15, 0.2) is 0 Å². The van der Waals surface area contributed by atoms with Crippen molar-refractivity contribution in [3.8, 4) is 0 Å². The molecule has 2 atom stereocenters. The van der Waals surface area contributed by atoms with E-state index in [1.807, 2.05) is 26.0 Å². The summed E-state index contributed by atoms with van der Waals surface area (Å²) >= 11 is 0. The van der Waals surface area contributed by atoms with Crippen molar-refractivity contribution in [1.29, 1.82) is 0 Å². The fourth-order valence-electron chi connectivity index (χ4n) is 2.15. The minimum absolute atomic E-state index is 0.000747. The van der Waals surface area contributed by atoms with Crippen LogP contribution in [-0.4, -0.2) is 35.7 Å². The number of nitrogens with zero attached hydrogens (tertiary/aromatic N) is 1. The number of aliphatic hydroxyl groups is 1. The molecule has 98 valence electrons. The molecule has 0 amide bonds. The molecule has 0 saturated carbocycles. The molecular formula is C13H24N2O2. The number of nitrogens with two attached hydrogens (primary N) is 1. The lowest BCUT2D eigenvalue weighted by molar-refractivity contribution is 0.146. The lowest BCUT2D eigenvalue weighted by Crippen LogP contribution is -2.40. The molecular weight excluding hydrogens is 216 g/mol. The van der Waals surface area contributed by atoms with Gasteiger partial charge in [-0.25, -0.2) is 0 Å². The van der Waals surface area contributed by atoms with Gasteiger partial charge in [0.05, 0.1) is 6.04 Å². The number of aliphatic hydroxyl groups excluding tert-OH is 1. The van der Waals surface area contributed by atoms with Crippen LogP contribution in [0, 0.1) is 6.92 Å².